The summed E-state index contributed by atoms with van der Waals surface area (Å²) in [5.41, 5.74) is 1.74. The Morgan fingerprint density at radius 3 is 2.46 bits per heavy atom. The number of hydrogen-bond acceptors (Lipinski definition) is 5. The Morgan fingerprint density at radius 2 is 1.71 bits per heavy atom. The molecular formula is C22H21N3O3. The van der Waals surface area contributed by atoms with Crippen LogP contribution in [0.1, 0.15) is 19.4 Å². The van der Waals surface area contributed by atoms with Gasteiger partial charge in [0.1, 0.15) is 11.6 Å². The fourth-order valence-electron chi connectivity index (χ4n) is 3.51. The number of rotatable bonds is 3. The van der Waals surface area contributed by atoms with Crippen LogP contribution in [0.2, 0.25) is 0 Å². The molecule has 1 fully saturated rings. The highest BCUT2D eigenvalue weighted by atomic mass is 16.4. The topological polar surface area (TPSA) is 66.1 Å². The number of hydrogen-bond donors (Lipinski definition) is 0. The molecule has 28 heavy (non-hydrogen) atoms. The fourth-order valence-corrected chi connectivity index (χ4v) is 3.51. The number of para-hydroxylation sites is 2. The molecule has 1 amide bonds. The Labute approximate surface area is 162 Å². The minimum absolute atomic E-state index is 0.120. The predicted molar refractivity (Wildman–Crippen MR) is 110 cm³/mol. The number of hydrazine groups is 1. The first-order chi connectivity index (χ1) is 13.5. The Bertz CT molecular complexity index is 1120. The molecular weight excluding hydrogens is 354 g/mol. The van der Waals surface area contributed by atoms with Gasteiger partial charge in [-0.25, -0.2) is 14.8 Å². The summed E-state index contributed by atoms with van der Waals surface area (Å²) in [5.74, 6) is -0.120. The van der Waals surface area contributed by atoms with Crippen LogP contribution in [0.5, 0.6) is 0 Å². The molecule has 1 aliphatic heterocycles. The summed E-state index contributed by atoms with van der Waals surface area (Å²) in [4.78, 5) is 30.1. The highest BCUT2D eigenvalue weighted by Crippen LogP contribution is 2.27. The second-order valence-corrected chi connectivity index (χ2v) is 6.94. The van der Waals surface area contributed by atoms with Crippen LogP contribution in [0.25, 0.3) is 11.0 Å². The van der Waals surface area contributed by atoms with E-state index in [4.69, 9.17) is 4.42 Å². The number of aliphatic imine (C=N–C) groups is 1. The number of likely N-dealkylation sites (N-methyl/N-ethyl adjacent to an activating group) is 1. The summed E-state index contributed by atoms with van der Waals surface area (Å²) in [6, 6.07) is 17.8. The third-order valence-corrected chi connectivity index (χ3v) is 5.19. The first kappa shape index (κ1) is 18.1. The maximum Gasteiger partial charge on any atom is 0.345 e. The highest BCUT2D eigenvalue weighted by molar-refractivity contribution is 6.05. The number of carbonyl (C=O) groups excluding carboxylic acids is 1. The van der Waals surface area contributed by atoms with Crippen molar-refractivity contribution < 1.29 is 9.21 Å². The van der Waals surface area contributed by atoms with Crippen molar-refractivity contribution in [3.63, 3.8) is 0 Å². The van der Waals surface area contributed by atoms with Gasteiger partial charge in [-0.1, -0.05) is 36.4 Å². The molecule has 1 saturated heterocycles. The van der Waals surface area contributed by atoms with Crippen molar-refractivity contribution in [1.29, 1.82) is 0 Å². The zero-order valence-electron chi connectivity index (χ0n) is 16.0. The standard InChI is InChI=1S/C22H21N3O3/c1-14(18-13-16-9-7-8-12-19(16)28-22(18)27)23-20-15(2)24(3)25(21(20)26)17-10-5-4-6-11-17/h4-13,15,20H,1-3H3/t15-,20+/m1/s1. The lowest BCUT2D eigenvalue weighted by Crippen LogP contribution is -2.38. The summed E-state index contributed by atoms with van der Waals surface area (Å²) >= 11 is 0. The number of carbonyl (C=O) groups is 1. The zero-order valence-corrected chi connectivity index (χ0v) is 16.0. The van der Waals surface area contributed by atoms with Gasteiger partial charge in [-0.15, -0.1) is 0 Å². The molecule has 2 aromatic carbocycles. The van der Waals surface area contributed by atoms with Crippen molar-refractivity contribution in [3.8, 4) is 0 Å². The van der Waals surface area contributed by atoms with Crippen molar-refractivity contribution in [2.75, 3.05) is 12.1 Å². The minimum atomic E-state index is -0.601. The van der Waals surface area contributed by atoms with Crippen LogP contribution in [0, 0.1) is 0 Å². The Balaban J connectivity index is 1.71. The summed E-state index contributed by atoms with van der Waals surface area (Å²) in [5, 5.41) is 4.33. The molecule has 142 valence electrons. The minimum Gasteiger partial charge on any atom is -0.422 e. The van der Waals surface area contributed by atoms with E-state index in [1.165, 1.54) is 0 Å². The van der Waals surface area contributed by atoms with Gasteiger partial charge < -0.3 is 4.42 Å². The van der Waals surface area contributed by atoms with Crippen molar-refractivity contribution in [1.82, 2.24) is 5.01 Å². The molecule has 3 aromatic rings. The van der Waals surface area contributed by atoms with Crippen LogP contribution in [-0.4, -0.2) is 35.8 Å². The van der Waals surface area contributed by atoms with Gasteiger partial charge in [-0.05, 0) is 38.1 Å². The lowest BCUT2D eigenvalue weighted by atomic mass is 10.1. The molecule has 6 nitrogen and oxygen atoms in total. The first-order valence-corrected chi connectivity index (χ1v) is 9.17. The molecule has 2 atom stereocenters. The average molecular weight is 375 g/mol. The Hall–Kier alpha value is -3.25. The van der Waals surface area contributed by atoms with Crippen LogP contribution in [0.15, 0.2) is 74.9 Å². The van der Waals surface area contributed by atoms with Crippen molar-refractivity contribution in [2.24, 2.45) is 4.99 Å². The van der Waals surface area contributed by atoms with Gasteiger partial charge in [0.25, 0.3) is 5.91 Å². The van der Waals surface area contributed by atoms with E-state index >= 15 is 0 Å². The normalized spacial score (nSPS) is 20.9. The van der Waals surface area contributed by atoms with Crippen molar-refractivity contribution in [2.45, 2.75) is 25.9 Å². The molecule has 0 aliphatic carbocycles. The second kappa shape index (κ2) is 7.05. The molecule has 0 saturated carbocycles. The summed E-state index contributed by atoms with van der Waals surface area (Å²) < 4.78 is 5.40. The van der Waals surface area contributed by atoms with Crippen molar-refractivity contribution >= 4 is 28.3 Å². The van der Waals surface area contributed by atoms with Crippen LogP contribution in [-0.2, 0) is 4.79 Å². The summed E-state index contributed by atoms with van der Waals surface area (Å²) in [6.45, 7) is 3.69. The molecule has 0 spiro atoms. The van der Waals surface area contributed by atoms with Crippen molar-refractivity contribution in [3.05, 3.63) is 76.6 Å². The van der Waals surface area contributed by atoms with Gasteiger partial charge in [0, 0.05) is 18.1 Å². The lowest BCUT2D eigenvalue weighted by molar-refractivity contribution is -0.118. The monoisotopic (exact) mass is 375 g/mol. The zero-order chi connectivity index (χ0) is 19.8. The van der Waals surface area contributed by atoms with Gasteiger partial charge in [0.15, 0.2) is 0 Å². The molecule has 1 aliphatic rings. The van der Waals surface area contributed by atoms with E-state index in [0.717, 1.165) is 11.1 Å². The van der Waals surface area contributed by atoms with Gasteiger partial charge in [0.05, 0.1) is 17.3 Å². The summed E-state index contributed by atoms with van der Waals surface area (Å²) in [7, 11) is 1.87. The van der Waals surface area contributed by atoms with Gasteiger partial charge in [-0.3, -0.25) is 9.79 Å². The van der Waals surface area contributed by atoms with Gasteiger partial charge in [-0.2, -0.15) is 0 Å². The predicted octanol–water partition coefficient (Wildman–Crippen LogP) is 3.25. The van der Waals surface area contributed by atoms with E-state index in [0.29, 0.717) is 16.9 Å². The maximum atomic E-state index is 13.1. The first-order valence-electron chi connectivity index (χ1n) is 9.17. The Kier molecular flexibility index (Phi) is 4.57. The quantitative estimate of drug-likeness (QED) is 0.521. The van der Waals surface area contributed by atoms with E-state index in [1.807, 2.05) is 67.5 Å². The fraction of sp³-hybridized carbons (Fsp3) is 0.227. The molecule has 4 rings (SSSR count). The molecule has 0 bridgehead atoms. The van der Waals surface area contributed by atoms with E-state index < -0.39 is 11.7 Å². The third kappa shape index (κ3) is 3.01. The van der Waals surface area contributed by atoms with Gasteiger partial charge in [0.2, 0.25) is 0 Å². The largest absolute Gasteiger partial charge is 0.422 e. The molecule has 0 unspecified atom stereocenters. The maximum absolute atomic E-state index is 13.1. The molecule has 2 heterocycles. The second-order valence-electron chi connectivity index (χ2n) is 6.94. The number of amides is 1. The summed E-state index contributed by atoms with van der Waals surface area (Å²) in [6.07, 6.45) is 0. The van der Waals surface area contributed by atoms with Crippen LogP contribution >= 0.6 is 0 Å². The Morgan fingerprint density at radius 1 is 1.04 bits per heavy atom. The number of anilines is 1. The number of benzene rings is 2. The highest BCUT2D eigenvalue weighted by Gasteiger charge is 2.43. The third-order valence-electron chi connectivity index (χ3n) is 5.19. The van der Waals surface area contributed by atoms with E-state index in [9.17, 15) is 9.59 Å². The van der Waals surface area contributed by atoms with E-state index in [2.05, 4.69) is 4.99 Å². The SMILES string of the molecule is CC(=N[C@@H]1C(=O)N(c2ccccc2)N(C)[C@@H]1C)c1cc2ccccc2oc1=O. The van der Waals surface area contributed by atoms with E-state index in [1.54, 1.807) is 24.1 Å². The smallest absolute Gasteiger partial charge is 0.345 e. The van der Waals surface area contributed by atoms with Crippen LogP contribution < -0.4 is 10.6 Å². The van der Waals surface area contributed by atoms with Gasteiger partial charge >= 0.3 is 5.63 Å². The van der Waals surface area contributed by atoms with Crippen LogP contribution in [0.3, 0.4) is 0 Å². The number of fused-ring (bicyclic) bond motifs is 1. The van der Waals surface area contributed by atoms with E-state index in [-0.39, 0.29) is 11.9 Å². The molecule has 6 heteroatoms. The molecule has 0 radical (unpaired) electrons. The van der Waals surface area contributed by atoms with Crippen LogP contribution in [0.4, 0.5) is 5.69 Å². The molecule has 1 aromatic heterocycles. The number of nitrogens with zero attached hydrogens (tertiary/aromatic N) is 3. The lowest BCUT2D eigenvalue weighted by Gasteiger charge is -2.26. The average Bonchev–Trinajstić information content (AvgIpc) is 2.91. The molecule has 0 N–H and O–H groups in total.